The van der Waals surface area contributed by atoms with Crippen molar-refractivity contribution in [3.8, 4) is 11.6 Å². The molecular formula is C20H12F2N4O3. The normalized spacial score (nSPS) is 10.7. The van der Waals surface area contributed by atoms with Crippen LogP contribution in [0.2, 0.25) is 0 Å². The van der Waals surface area contributed by atoms with E-state index in [4.69, 9.17) is 4.74 Å². The number of hydrogen-bond acceptors (Lipinski definition) is 6. The van der Waals surface area contributed by atoms with Crippen LogP contribution in [0.15, 0.2) is 67.0 Å². The van der Waals surface area contributed by atoms with E-state index in [0.29, 0.717) is 11.8 Å². The minimum atomic E-state index is -0.921. The van der Waals surface area contributed by atoms with Gasteiger partial charge >= 0.3 is 11.6 Å². The zero-order chi connectivity index (χ0) is 20.4. The predicted molar refractivity (Wildman–Crippen MR) is 102 cm³/mol. The monoisotopic (exact) mass is 394 g/mol. The standard InChI is InChI=1S/C20H12F2N4O3/c21-14-6-8-17(16(22)10-14)25-19-18(26(27)28)20(24-11-23-19)29-15-7-5-12-3-1-2-4-13(12)9-15/h1-11H,(H,23,24,25). The first-order chi connectivity index (χ1) is 14.0. The average molecular weight is 394 g/mol. The van der Waals surface area contributed by atoms with Crippen LogP contribution in [0.4, 0.5) is 26.0 Å². The van der Waals surface area contributed by atoms with E-state index in [9.17, 15) is 18.9 Å². The molecule has 144 valence electrons. The minimum Gasteiger partial charge on any atom is -0.434 e. The van der Waals surface area contributed by atoms with Crippen molar-refractivity contribution in [2.24, 2.45) is 0 Å². The molecule has 9 heteroatoms. The lowest BCUT2D eigenvalue weighted by Crippen LogP contribution is -2.04. The SMILES string of the molecule is O=[N+]([O-])c1c(Nc2ccc(F)cc2F)ncnc1Oc1ccc2ccccc2c1. The maximum atomic E-state index is 13.9. The number of benzene rings is 3. The van der Waals surface area contributed by atoms with E-state index in [0.717, 1.165) is 29.2 Å². The van der Waals surface area contributed by atoms with E-state index in [2.05, 4.69) is 15.3 Å². The van der Waals surface area contributed by atoms with Crippen molar-refractivity contribution in [1.82, 2.24) is 9.97 Å². The third-order valence-corrected chi connectivity index (χ3v) is 4.09. The number of rotatable bonds is 5. The predicted octanol–water partition coefficient (Wildman–Crippen LogP) is 5.35. The van der Waals surface area contributed by atoms with Gasteiger partial charge in [-0.25, -0.2) is 13.8 Å². The van der Waals surface area contributed by atoms with Gasteiger partial charge in [-0.1, -0.05) is 30.3 Å². The van der Waals surface area contributed by atoms with Crippen LogP contribution in [-0.2, 0) is 0 Å². The lowest BCUT2D eigenvalue weighted by Gasteiger charge is -2.10. The van der Waals surface area contributed by atoms with Gasteiger partial charge in [-0.15, -0.1) is 0 Å². The van der Waals surface area contributed by atoms with Crippen molar-refractivity contribution >= 4 is 28.0 Å². The smallest absolute Gasteiger partial charge is 0.373 e. The second-order valence-corrected chi connectivity index (χ2v) is 5.99. The van der Waals surface area contributed by atoms with E-state index in [1.807, 2.05) is 30.3 Å². The molecule has 0 aliphatic rings. The summed E-state index contributed by atoms with van der Waals surface area (Å²) < 4.78 is 32.6. The topological polar surface area (TPSA) is 90.2 Å². The third kappa shape index (κ3) is 3.79. The van der Waals surface area contributed by atoms with E-state index in [1.54, 1.807) is 12.1 Å². The van der Waals surface area contributed by atoms with Crippen molar-refractivity contribution in [2.45, 2.75) is 0 Å². The Kier molecular flexibility index (Phi) is 4.70. The zero-order valence-electron chi connectivity index (χ0n) is 14.7. The second kappa shape index (κ2) is 7.47. The number of fused-ring (bicyclic) bond motifs is 1. The third-order valence-electron chi connectivity index (χ3n) is 4.09. The number of hydrogen-bond donors (Lipinski definition) is 1. The number of aromatic nitrogens is 2. The van der Waals surface area contributed by atoms with Gasteiger partial charge in [-0.2, -0.15) is 4.98 Å². The number of anilines is 2. The van der Waals surface area contributed by atoms with Crippen LogP contribution in [0.3, 0.4) is 0 Å². The molecule has 0 amide bonds. The summed E-state index contributed by atoms with van der Waals surface area (Å²) >= 11 is 0. The number of nitrogens with one attached hydrogen (secondary N) is 1. The highest BCUT2D eigenvalue weighted by Gasteiger charge is 2.26. The van der Waals surface area contributed by atoms with Gasteiger partial charge in [0.2, 0.25) is 5.82 Å². The Hall–Kier alpha value is -4.14. The number of nitro groups is 1. The van der Waals surface area contributed by atoms with E-state index in [-0.39, 0.29) is 17.4 Å². The number of nitrogens with zero attached hydrogens (tertiary/aromatic N) is 3. The Labute approximate surface area is 162 Å². The Morgan fingerprint density at radius 2 is 1.76 bits per heavy atom. The van der Waals surface area contributed by atoms with Crippen LogP contribution < -0.4 is 10.1 Å². The molecule has 1 aromatic heterocycles. The molecule has 4 aromatic rings. The second-order valence-electron chi connectivity index (χ2n) is 5.99. The van der Waals surface area contributed by atoms with Gasteiger partial charge in [0.05, 0.1) is 10.6 Å². The molecule has 0 atom stereocenters. The Morgan fingerprint density at radius 1 is 0.966 bits per heavy atom. The summed E-state index contributed by atoms with van der Waals surface area (Å²) in [5, 5.41) is 16.0. The Morgan fingerprint density at radius 3 is 2.52 bits per heavy atom. The van der Waals surface area contributed by atoms with Crippen molar-refractivity contribution < 1.29 is 18.4 Å². The molecule has 1 heterocycles. The molecular weight excluding hydrogens is 382 g/mol. The number of halogens is 2. The molecule has 3 aromatic carbocycles. The van der Waals surface area contributed by atoms with Crippen LogP contribution >= 0.6 is 0 Å². The number of ether oxygens (including phenoxy) is 1. The lowest BCUT2D eigenvalue weighted by atomic mass is 10.1. The maximum absolute atomic E-state index is 13.9. The van der Waals surface area contributed by atoms with Gasteiger partial charge in [0.25, 0.3) is 0 Å². The van der Waals surface area contributed by atoms with Crippen molar-refractivity contribution in [2.75, 3.05) is 5.32 Å². The van der Waals surface area contributed by atoms with Crippen molar-refractivity contribution in [3.63, 3.8) is 0 Å². The summed E-state index contributed by atoms with van der Waals surface area (Å²) in [7, 11) is 0. The van der Waals surface area contributed by atoms with Crippen LogP contribution in [0.25, 0.3) is 10.8 Å². The van der Waals surface area contributed by atoms with Crippen LogP contribution in [0.5, 0.6) is 11.6 Å². The molecule has 0 aliphatic carbocycles. The van der Waals surface area contributed by atoms with Crippen LogP contribution in [-0.4, -0.2) is 14.9 Å². The highest BCUT2D eigenvalue weighted by atomic mass is 19.1. The van der Waals surface area contributed by atoms with E-state index < -0.39 is 22.2 Å². The van der Waals surface area contributed by atoms with Crippen molar-refractivity contribution in [1.29, 1.82) is 0 Å². The fraction of sp³-hybridized carbons (Fsp3) is 0. The van der Waals surface area contributed by atoms with Crippen LogP contribution in [0, 0.1) is 21.7 Å². The molecule has 0 radical (unpaired) electrons. The summed E-state index contributed by atoms with van der Waals surface area (Å²) in [6.07, 6.45) is 1.05. The maximum Gasteiger partial charge on any atom is 0.373 e. The molecule has 0 saturated heterocycles. The fourth-order valence-electron chi connectivity index (χ4n) is 2.75. The van der Waals surface area contributed by atoms with Gasteiger partial charge in [0, 0.05) is 6.07 Å². The average Bonchev–Trinajstić information content (AvgIpc) is 2.70. The summed E-state index contributed by atoms with van der Waals surface area (Å²) in [6.45, 7) is 0. The fourth-order valence-corrected chi connectivity index (χ4v) is 2.75. The summed E-state index contributed by atoms with van der Waals surface area (Å²) in [6, 6.07) is 15.5. The molecule has 0 aliphatic heterocycles. The summed E-state index contributed by atoms with van der Waals surface area (Å²) in [5.41, 5.74) is -0.755. The first kappa shape index (κ1) is 18.2. The molecule has 0 unspecified atom stereocenters. The highest BCUT2D eigenvalue weighted by molar-refractivity contribution is 5.83. The molecule has 4 rings (SSSR count). The zero-order valence-corrected chi connectivity index (χ0v) is 14.7. The Balaban J connectivity index is 1.71. The quantitative estimate of drug-likeness (QED) is 0.362. The van der Waals surface area contributed by atoms with Crippen molar-refractivity contribution in [3.05, 3.63) is 88.7 Å². The summed E-state index contributed by atoms with van der Waals surface area (Å²) in [5.74, 6) is -1.96. The molecule has 1 N–H and O–H groups in total. The molecule has 0 saturated carbocycles. The van der Waals surface area contributed by atoms with Crippen LogP contribution in [0.1, 0.15) is 0 Å². The molecule has 29 heavy (non-hydrogen) atoms. The van der Waals surface area contributed by atoms with E-state index in [1.165, 1.54) is 0 Å². The first-order valence-electron chi connectivity index (χ1n) is 8.39. The highest BCUT2D eigenvalue weighted by Crippen LogP contribution is 2.36. The largest absolute Gasteiger partial charge is 0.434 e. The lowest BCUT2D eigenvalue weighted by molar-refractivity contribution is -0.385. The van der Waals surface area contributed by atoms with Gasteiger partial charge < -0.3 is 10.1 Å². The molecule has 7 nitrogen and oxygen atoms in total. The minimum absolute atomic E-state index is 0.176. The molecule has 0 fully saturated rings. The molecule has 0 bridgehead atoms. The van der Waals surface area contributed by atoms with E-state index >= 15 is 0 Å². The molecule has 0 spiro atoms. The van der Waals surface area contributed by atoms with Gasteiger partial charge in [-0.05, 0) is 35.0 Å². The summed E-state index contributed by atoms with van der Waals surface area (Å²) in [4.78, 5) is 18.5. The van der Waals surface area contributed by atoms with Gasteiger partial charge in [-0.3, -0.25) is 10.1 Å². The first-order valence-corrected chi connectivity index (χ1v) is 8.39. The van der Waals surface area contributed by atoms with Gasteiger partial charge in [0.1, 0.15) is 23.7 Å². The van der Waals surface area contributed by atoms with Gasteiger partial charge in [0.15, 0.2) is 0 Å². The Bertz CT molecular complexity index is 1230.